The summed E-state index contributed by atoms with van der Waals surface area (Å²) in [6.07, 6.45) is 19.8. The number of hydrogen-bond donors (Lipinski definition) is 0. The largest absolute Gasteiger partial charge is 1.00 e. The molecule has 0 radical (unpaired) electrons. The second kappa shape index (κ2) is 11.3. The van der Waals surface area contributed by atoms with Crippen LogP contribution in [0.2, 0.25) is 18.1 Å². The van der Waals surface area contributed by atoms with Crippen molar-refractivity contribution in [2.75, 3.05) is 0 Å². The third-order valence-corrected chi connectivity index (χ3v) is 9.73. The summed E-state index contributed by atoms with van der Waals surface area (Å²) in [5.41, 5.74) is 0. The molecule has 1 saturated heterocycles. The van der Waals surface area contributed by atoms with E-state index in [0.717, 1.165) is 6.42 Å². The van der Waals surface area contributed by atoms with E-state index in [0.29, 0.717) is 0 Å². The summed E-state index contributed by atoms with van der Waals surface area (Å²) >= 11 is 0. The van der Waals surface area contributed by atoms with Crippen molar-refractivity contribution in [3.8, 4) is 0 Å². The van der Waals surface area contributed by atoms with Crippen molar-refractivity contribution >= 4 is 8.07 Å². The Morgan fingerprint density at radius 2 is 1.89 bits per heavy atom. The van der Waals surface area contributed by atoms with Gasteiger partial charge in [-0.05, 0) is 6.42 Å². The molecule has 0 N–H and O–H groups in total. The van der Waals surface area contributed by atoms with Crippen molar-refractivity contribution in [3.05, 3.63) is 47.7 Å². The summed E-state index contributed by atoms with van der Waals surface area (Å²) in [5.74, 6) is 0. The zero-order chi connectivity index (χ0) is 11.3. The van der Waals surface area contributed by atoms with Gasteiger partial charge in [0, 0.05) is 25.8 Å². The molecule has 1 fully saturated rings. The number of hydrogen-bond acceptors (Lipinski definition) is 0. The molecule has 4 heteroatoms. The molecule has 0 aromatic heterocycles. The van der Waals surface area contributed by atoms with Gasteiger partial charge in [0.25, 0.3) is 0 Å². The van der Waals surface area contributed by atoms with E-state index in [1.165, 1.54) is 18.9 Å². The van der Waals surface area contributed by atoms with E-state index in [4.69, 9.17) is 0 Å². The van der Waals surface area contributed by atoms with Crippen LogP contribution in [0.4, 0.5) is 0 Å². The molecular formula is C15H21Cl2HfSi-3. The average Bonchev–Trinajstić information content (AvgIpc) is 2.93. The molecule has 106 valence electrons. The SMILES string of the molecule is CC[Si]1(C2=CC=CC2)CCC1.[C-]1=CC=CC1.[Cl-].[Cl-].[Hf]. The first kappa shape index (κ1) is 21.9. The Balaban J connectivity index is 0. The normalized spacial score (nSPS) is 19.9. The maximum atomic E-state index is 2.99. The molecule has 1 aliphatic heterocycles. The van der Waals surface area contributed by atoms with Crippen LogP contribution in [0.15, 0.2) is 41.7 Å². The molecule has 0 aromatic carbocycles. The first-order chi connectivity index (χ1) is 7.87. The Hall–Kier alpha value is 0.627. The molecule has 0 aromatic rings. The molecule has 0 nitrogen and oxygen atoms in total. The Kier molecular flexibility index (Phi) is 13.0. The summed E-state index contributed by atoms with van der Waals surface area (Å²) < 4.78 is 0. The predicted molar refractivity (Wildman–Crippen MR) is 73.9 cm³/mol. The first-order valence-electron chi connectivity index (χ1n) is 6.45. The van der Waals surface area contributed by atoms with E-state index in [1.807, 2.05) is 17.3 Å². The topological polar surface area (TPSA) is 0 Å². The van der Waals surface area contributed by atoms with Gasteiger partial charge in [0.05, 0.1) is 8.07 Å². The molecule has 0 spiro atoms. The molecular weight excluding hydrogens is 458 g/mol. The Labute approximate surface area is 150 Å². The smallest absolute Gasteiger partial charge is 0.0816 e. The fourth-order valence-corrected chi connectivity index (χ4v) is 6.70. The standard InChI is InChI=1S/C10H16Si.C5H5.2ClH.Hf/c1-2-11(8-5-9-11)10-6-3-4-7-10;1-2-4-5-3-1;;;/h3-4,6H,2,5,7-9H2,1H3;1-3H,4H2;2*1H;/q;-1;;;/p-2. The van der Waals surface area contributed by atoms with Gasteiger partial charge in [-0.1, -0.05) is 54.9 Å². The van der Waals surface area contributed by atoms with Crippen LogP contribution in [-0.4, -0.2) is 8.07 Å². The third kappa shape index (κ3) is 5.87. The second-order valence-corrected chi connectivity index (χ2v) is 9.72. The summed E-state index contributed by atoms with van der Waals surface area (Å²) in [6.45, 7) is 2.39. The fourth-order valence-electron chi connectivity index (χ4n) is 2.69. The van der Waals surface area contributed by atoms with Gasteiger partial charge in [-0.15, -0.1) is 6.42 Å². The molecule has 2 aliphatic carbocycles. The van der Waals surface area contributed by atoms with E-state index in [2.05, 4.69) is 37.3 Å². The van der Waals surface area contributed by atoms with Gasteiger partial charge in [0.1, 0.15) is 0 Å². The third-order valence-electron chi connectivity index (χ3n) is 4.03. The van der Waals surface area contributed by atoms with Crippen LogP contribution in [0, 0.1) is 6.08 Å². The van der Waals surface area contributed by atoms with Crippen molar-refractivity contribution < 1.29 is 50.7 Å². The van der Waals surface area contributed by atoms with Crippen LogP contribution >= 0.6 is 0 Å². The zero-order valence-electron chi connectivity index (χ0n) is 11.5. The summed E-state index contributed by atoms with van der Waals surface area (Å²) in [4.78, 5) is 0. The van der Waals surface area contributed by atoms with E-state index < -0.39 is 8.07 Å². The van der Waals surface area contributed by atoms with Crippen molar-refractivity contribution in [1.82, 2.24) is 0 Å². The molecule has 3 rings (SSSR count). The quantitative estimate of drug-likeness (QED) is 0.338. The molecule has 0 amide bonds. The van der Waals surface area contributed by atoms with E-state index >= 15 is 0 Å². The molecule has 3 aliphatic rings. The minimum absolute atomic E-state index is 0. The Bertz CT molecular complexity index is 340. The molecule has 1 heterocycles. The van der Waals surface area contributed by atoms with Crippen LogP contribution in [-0.2, 0) is 25.8 Å². The number of rotatable bonds is 2. The molecule has 0 saturated carbocycles. The van der Waals surface area contributed by atoms with Gasteiger partial charge in [0.15, 0.2) is 0 Å². The average molecular weight is 479 g/mol. The van der Waals surface area contributed by atoms with E-state index in [9.17, 15) is 0 Å². The Morgan fingerprint density at radius 3 is 2.16 bits per heavy atom. The minimum atomic E-state index is -0.785. The first-order valence-corrected chi connectivity index (χ1v) is 9.07. The van der Waals surface area contributed by atoms with E-state index in [-0.39, 0.29) is 50.7 Å². The maximum absolute atomic E-state index is 2.99. The maximum Gasteiger partial charge on any atom is 0.0816 e. The van der Waals surface area contributed by atoms with Crippen LogP contribution in [0.3, 0.4) is 0 Å². The number of allylic oxidation sites excluding steroid dienone is 8. The fraction of sp³-hybridized carbons (Fsp3) is 0.467. The zero-order valence-corrected chi connectivity index (χ0v) is 17.6. The monoisotopic (exact) mass is 479 g/mol. The van der Waals surface area contributed by atoms with Gasteiger partial charge in [-0.2, -0.15) is 6.08 Å². The van der Waals surface area contributed by atoms with Crippen LogP contribution in [0.5, 0.6) is 0 Å². The van der Waals surface area contributed by atoms with Gasteiger partial charge < -0.3 is 24.8 Å². The molecule has 0 unspecified atom stereocenters. The minimum Gasteiger partial charge on any atom is -1.00 e. The summed E-state index contributed by atoms with van der Waals surface area (Å²) in [6, 6.07) is 4.65. The van der Waals surface area contributed by atoms with Crippen molar-refractivity contribution in [1.29, 1.82) is 0 Å². The van der Waals surface area contributed by atoms with Gasteiger partial charge in [0.2, 0.25) is 0 Å². The Morgan fingerprint density at radius 1 is 1.16 bits per heavy atom. The van der Waals surface area contributed by atoms with Crippen molar-refractivity contribution in [2.45, 2.75) is 44.3 Å². The van der Waals surface area contributed by atoms with E-state index in [1.54, 1.807) is 12.1 Å². The predicted octanol–water partition coefficient (Wildman–Crippen LogP) is -1.40. The van der Waals surface area contributed by atoms with Gasteiger partial charge in [-0.25, -0.2) is 12.2 Å². The second-order valence-electron chi connectivity index (χ2n) is 4.81. The van der Waals surface area contributed by atoms with Crippen molar-refractivity contribution in [3.63, 3.8) is 0 Å². The van der Waals surface area contributed by atoms with Crippen molar-refractivity contribution in [2.24, 2.45) is 0 Å². The van der Waals surface area contributed by atoms with Gasteiger partial charge >= 0.3 is 0 Å². The van der Waals surface area contributed by atoms with Crippen LogP contribution in [0.25, 0.3) is 0 Å². The number of halogens is 2. The molecule has 0 atom stereocenters. The molecule has 19 heavy (non-hydrogen) atoms. The summed E-state index contributed by atoms with van der Waals surface area (Å²) in [5, 5.41) is 1.84. The van der Waals surface area contributed by atoms with Crippen LogP contribution < -0.4 is 24.8 Å². The van der Waals surface area contributed by atoms with Crippen LogP contribution in [0.1, 0.15) is 26.2 Å². The summed E-state index contributed by atoms with van der Waals surface area (Å²) in [7, 11) is -0.785. The molecule has 0 bridgehead atoms. The van der Waals surface area contributed by atoms with Gasteiger partial charge in [-0.3, -0.25) is 6.08 Å².